The second-order valence-corrected chi connectivity index (χ2v) is 17.0. The van der Waals surface area contributed by atoms with E-state index in [4.69, 9.17) is 41.1 Å². The van der Waals surface area contributed by atoms with Crippen LogP contribution in [0.1, 0.15) is 110 Å². The molecule has 0 radical (unpaired) electrons. The first-order chi connectivity index (χ1) is 33.3. The molecule has 6 amide bonds. The number of nitrogens with one attached hydrogen (secondary N) is 7. The fraction of sp³-hybridized carbons (Fsp3) is 0.864. The largest absolute Gasteiger partial charge is 0.394 e. The number of hydroxylamine groups is 1. The molecule has 1 fully saturated rings. The number of amides is 6. The van der Waals surface area contributed by atoms with Gasteiger partial charge in [0.05, 0.1) is 46.2 Å². The molecule has 16 N–H and O–H groups in total. The van der Waals surface area contributed by atoms with Crippen molar-refractivity contribution in [2.75, 3.05) is 98.7 Å². The predicted octanol–water partition coefficient (Wildman–Crippen LogP) is -3.13. The van der Waals surface area contributed by atoms with Crippen molar-refractivity contribution in [3.63, 3.8) is 0 Å². The molecule has 1 heterocycles. The lowest BCUT2D eigenvalue weighted by Gasteiger charge is -2.41. The third-order valence-corrected chi connectivity index (χ3v) is 10.7. The van der Waals surface area contributed by atoms with Crippen molar-refractivity contribution in [1.29, 1.82) is 0 Å². The first-order valence-electron chi connectivity index (χ1n) is 24.4. The highest BCUT2D eigenvalue weighted by Gasteiger charge is 2.45. The number of hydrogen-bond donors (Lipinski definition) is 13. The maximum absolute atomic E-state index is 13.5. The van der Waals surface area contributed by atoms with Gasteiger partial charge in [-0.3, -0.25) is 38.4 Å². The topological polar surface area (TPSA) is 381 Å². The number of carbonyl (C=O) groups is 6. The Labute approximate surface area is 406 Å². The van der Waals surface area contributed by atoms with Gasteiger partial charge in [-0.15, -0.1) is 0 Å². The molecule has 1 aliphatic rings. The first kappa shape index (κ1) is 63.3. The summed E-state index contributed by atoms with van der Waals surface area (Å²) in [6.07, 6.45) is 5.32. The van der Waals surface area contributed by atoms with Gasteiger partial charge in [0.1, 0.15) is 36.5 Å². The molecule has 1 aliphatic heterocycles. The highest BCUT2D eigenvalue weighted by Crippen LogP contribution is 2.22. The molecule has 25 heteroatoms. The number of aliphatic hydroxyl groups is 3. The Morgan fingerprint density at radius 1 is 0.580 bits per heavy atom. The second kappa shape index (κ2) is 41.0. The van der Waals surface area contributed by atoms with Gasteiger partial charge in [0.25, 0.3) is 0 Å². The molecule has 1 saturated heterocycles. The van der Waals surface area contributed by atoms with Gasteiger partial charge in [-0.25, -0.2) is 5.90 Å². The van der Waals surface area contributed by atoms with Gasteiger partial charge >= 0.3 is 0 Å². The molecule has 25 nitrogen and oxygen atoms in total. The monoisotopic (exact) mass is 995 g/mol. The van der Waals surface area contributed by atoms with Crippen LogP contribution in [0.5, 0.6) is 0 Å². The van der Waals surface area contributed by atoms with E-state index in [2.05, 4.69) is 42.2 Å². The molecule has 0 aromatic rings. The average Bonchev–Trinajstić information content (AvgIpc) is 3.31. The van der Waals surface area contributed by atoms with E-state index in [0.29, 0.717) is 58.4 Å². The molecule has 0 aromatic heterocycles. The summed E-state index contributed by atoms with van der Waals surface area (Å²) in [7, 11) is 0. The van der Waals surface area contributed by atoms with E-state index < -0.39 is 48.7 Å². The summed E-state index contributed by atoms with van der Waals surface area (Å²) < 4.78 is 23.4. The zero-order chi connectivity index (χ0) is 51.0. The molecule has 0 aliphatic carbocycles. The van der Waals surface area contributed by atoms with Gasteiger partial charge < -0.3 is 77.6 Å². The van der Waals surface area contributed by atoms with Crippen LogP contribution >= 0.6 is 0 Å². The number of carbonyl (C=O) groups excluding carboxylic acids is 6. The molecule has 69 heavy (non-hydrogen) atoms. The van der Waals surface area contributed by atoms with Gasteiger partial charge in [-0.1, -0.05) is 44.9 Å². The molecule has 3 unspecified atom stereocenters. The van der Waals surface area contributed by atoms with Crippen molar-refractivity contribution < 1.29 is 72.7 Å². The Morgan fingerprint density at radius 3 is 1.52 bits per heavy atom. The van der Waals surface area contributed by atoms with Crippen LogP contribution in [0.3, 0.4) is 0 Å². The number of aliphatic hydroxyl groups excluding tert-OH is 3. The van der Waals surface area contributed by atoms with Crippen LogP contribution in [-0.4, -0.2) is 186 Å². The summed E-state index contributed by atoms with van der Waals surface area (Å²) >= 11 is 0. The second-order valence-electron chi connectivity index (χ2n) is 17.0. The zero-order valence-electron chi connectivity index (χ0n) is 40.8. The summed E-state index contributed by atoms with van der Waals surface area (Å²) in [4.78, 5) is 83.8. The molecule has 0 aromatic carbocycles. The molecule has 402 valence electrons. The maximum Gasteiger partial charge on any atom is 0.248 e. The average molecular weight is 995 g/mol. The van der Waals surface area contributed by atoms with Crippen molar-refractivity contribution in [3.05, 3.63) is 0 Å². The highest BCUT2D eigenvalue weighted by atomic mass is 16.8. The van der Waals surface area contributed by atoms with Gasteiger partial charge in [-0.2, -0.15) is 5.48 Å². The SMILES string of the molecule is CC(=O)NC1C(O)[C@@H](O)C(CO)O[C@H]1ONCCCNC(=O)CCOCC(COCCC(=O)NCCCN)(COCCC(=O)NCCCN)NC(=O)CCCCCCCCCCCNC(=O)CON. The van der Waals surface area contributed by atoms with Crippen molar-refractivity contribution in [2.45, 2.75) is 146 Å². The number of ether oxygens (including phenoxy) is 4. The van der Waals surface area contributed by atoms with E-state index in [1.54, 1.807) is 0 Å². The van der Waals surface area contributed by atoms with E-state index in [1.165, 1.54) is 6.92 Å². The van der Waals surface area contributed by atoms with Gasteiger partial charge in [0, 0.05) is 65.3 Å². The molecule has 0 saturated carbocycles. The van der Waals surface area contributed by atoms with Crippen molar-refractivity contribution >= 4 is 35.4 Å². The smallest absolute Gasteiger partial charge is 0.248 e. The highest BCUT2D eigenvalue weighted by molar-refractivity contribution is 5.78. The van der Waals surface area contributed by atoms with Crippen LogP contribution < -0.4 is 54.7 Å². The normalized spacial score (nSPS) is 18.0. The summed E-state index contributed by atoms with van der Waals surface area (Å²) in [6.45, 7) is 3.04. The molecular formula is C44H86N10O15. The first-order valence-corrected chi connectivity index (χ1v) is 24.4. The molecular weight excluding hydrogens is 909 g/mol. The number of nitrogens with two attached hydrogens (primary N) is 3. The van der Waals surface area contributed by atoms with Gasteiger partial charge in [0.2, 0.25) is 41.7 Å². The standard InChI is InChI=1S/C44H86N10O15/c1-33(56)53-40-42(63)41(62)34(28-55)68-43(40)69-52-24-13-23-50-37(59)17-27-66-32-44(30-64-25-15-35(57)48-21-11-18-45,31-65-26-16-36(58)49-22-12-19-46)54-38(60)14-9-7-5-3-2-4-6-8-10-20-51-39(61)29-67-47/h34,40-43,52,55,62-63H,2-32,45-47H2,1H3,(H,48,57)(H,49,58)(H,50,59)(H,51,61)(H,53,56)(H,54,60)/t34?,40?,41-,42?,43-/m0/s1. The third-order valence-electron chi connectivity index (χ3n) is 10.7. The number of unbranched alkanes of at least 4 members (excludes halogenated alkanes) is 8. The lowest BCUT2D eigenvalue weighted by molar-refractivity contribution is -0.286. The fourth-order valence-electron chi connectivity index (χ4n) is 6.92. The van der Waals surface area contributed by atoms with Crippen LogP contribution in [-0.2, 0) is 57.4 Å². The summed E-state index contributed by atoms with van der Waals surface area (Å²) in [6, 6.07) is -1.12. The summed E-state index contributed by atoms with van der Waals surface area (Å²) in [5, 5.41) is 46.7. The van der Waals surface area contributed by atoms with Gasteiger partial charge in [0.15, 0.2) is 0 Å². The summed E-state index contributed by atoms with van der Waals surface area (Å²) in [5.41, 5.74) is 12.5. The predicted molar refractivity (Wildman–Crippen MR) is 252 cm³/mol. The minimum Gasteiger partial charge on any atom is -0.394 e. The lowest BCUT2D eigenvalue weighted by atomic mass is 9.97. The van der Waals surface area contributed by atoms with E-state index in [-0.39, 0.29) is 115 Å². The maximum atomic E-state index is 13.5. The fourth-order valence-corrected chi connectivity index (χ4v) is 6.92. The van der Waals surface area contributed by atoms with Crippen molar-refractivity contribution in [1.82, 2.24) is 37.4 Å². The molecule has 1 rings (SSSR count). The van der Waals surface area contributed by atoms with Crippen LogP contribution in [0.15, 0.2) is 0 Å². The molecule has 0 spiro atoms. The van der Waals surface area contributed by atoms with E-state index in [1.807, 2.05) is 0 Å². The van der Waals surface area contributed by atoms with Crippen LogP contribution in [0.2, 0.25) is 0 Å². The third kappa shape index (κ3) is 32.0. The number of hydrogen-bond acceptors (Lipinski definition) is 19. The Bertz CT molecular complexity index is 1380. The number of rotatable bonds is 44. The van der Waals surface area contributed by atoms with E-state index in [9.17, 15) is 44.1 Å². The Kier molecular flexibility index (Phi) is 37.6. The molecule has 0 bridgehead atoms. The Balaban J connectivity index is 2.78. The minimum absolute atomic E-state index is 0.0253. The summed E-state index contributed by atoms with van der Waals surface area (Å²) in [5.74, 6) is 3.18. The van der Waals surface area contributed by atoms with E-state index >= 15 is 0 Å². The van der Waals surface area contributed by atoms with Crippen LogP contribution in [0.4, 0.5) is 0 Å². The van der Waals surface area contributed by atoms with Gasteiger partial charge in [-0.05, 0) is 45.2 Å². The van der Waals surface area contributed by atoms with Crippen LogP contribution in [0.25, 0.3) is 0 Å². The molecule has 5 atom stereocenters. The zero-order valence-corrected chi connectivity index (χ0v) is 40.8. The Morgan fingerprint density at radius 2 is 1.04 bits per heavy atom. The quantitative estimate of drug-likeness (QED) is 0.0212. The van der Waals surface area contributed by atoms with Crippen molar-refractivity contribution in [2.24, 2.45) is 17.4 Å². The van der Waals surface area contributed by atoms with Crippen LogP contribution in [0, 0.1) is 0 Å². The lowest BCUT2D eigenvalue weighted by Crippen LogP contribution is -2.65. The Hall–Kier alpha value is -3.70. The van der Waals surface area contributed by atoms with Crippen molar-refractivity contribution in [3.8, 4) is 0 Å². The minimum atomic E-state index is -1.46. The van der Waals surface area contributed by atoms with E-state index in [0.717, 1.165) is 51.4 Å².